The summed E-state index contributed by atoms with van der Waals surface area (Å²) >= 11 is 0. The number of halogens is 2. The Balaban J connectivity index is 1.84. The van der Waals surface area contributed by atoms with Gasteiger partial charge in [-0.2, -0.15) is 0 Å². The number of alkyl carbamates (subject to hydrolysis) is 1. The van der Waals surface area contributed by atoms with Crippen LogP contribution in [0.25, 0.3) is 0 Å². The topological polar surface area (TPSA) is 55.4 Å². The first-order valence-corrected chi connectivity index (χ1v) is 6.98. The molecular formula is C18H13F2NO3. The Labute approximate surface area is 137 Å². The number of hydrogen-bond donors (Lipinski definition) is 1. The van der Waals surface area contributed by atoms with Crippen LogP contribution in [-0.4, -0.2) is 18.9 Å². The van der Waals surface area contributed by atoms with Crippen LogP contribution in [0.4, 0.5) is 13.6 Å². The number of benzene rings is 2. The summed E-state index contributed by atoms with van der Waals surface area (Å²) in [5.41, 5.74) is 0.268. The molecule has 0 radical (unpaired) electrons. The standard InChI is InChI=1S/C18H13F2NO3/c19-16-10-15(11-22)17(20)9-14(16)7-4-8-21-18(23)24-12-13-5-2-1-3-6-13/h1-3,5-6,9-11H,8,12H2,(H,21,23). The zero-order chi connectivity index (χ0) is 17.4. The van der Waals surface area contributed by atoms with Gasteiger partial charge in [-0.05, 0) is 17.7 Å². The molecule has 6 heteroatoms. The average molecular weight is 329 g/mol. The van der Waals surface area contributed by atoms with Crippen molar-refractivity contribution in [1.29, 1.82) is 0 Å². The molecule has 4 nitrogen and oxygen atoms in total. The average Bonchev–Trinajstić information content (AvgIpc) is 2.60. The van der Waals surface area contributed by atoms with E-state index in [-0.39, 0.29) is 30.6 Å². The molecule has 2 aromatic carbocycles. The normalized spacial score (nSPS) is 9.58. The van der Waals surface area contributed by atoms with E-state index >= 15 is 0 Å². The Morgan fingerprint density at radius 1 is 1.17 bits per heavy atom. The van der Waals surface area contributed by atoms with Crippen molar-refractivity contribution >= 4 is 12.4 Å². The maximum absolute atomic E-state index is 13.6. The summed E-state index contributed by atoms with van der Waals surface area (Å²) < 4.78 is 31.9. The molecule has 0 heterocycles. The van der Waals surface area contributed by atoms with Crippen LogP contribution in [0.2, 0.25) is 0 Å². The lowest BCUT2D eigenvalue weighted by Crippen LogP contribution is -2.24. The number of aldehydes is 1. The van der Waals surface area contributed by atoms with Crippen LogP contribution >= 0.6 is 0 Å². The van der Waals surface area contributed by atoms with E-state index in [1.54, 1.807) is 0 Å². The predicted molar refractivity (Wildman–Crippen MR) is 83.3 cm³/mol. The zero-order valence-electron chi connectivity index (χ0n) is 12.5. The lowest BCUT2D eigenvalue weighted by Gasteiger charge is -2.04. The van der Waals surface area contributed by atoms with Gasteiger partial charge in [0.2, 0.25) is 0 Å². The molecule has 1 N–H and O–H groups in total. The molecule has 0 saturated carbocycles. The van der Waals surface area contributed by atoms with Gasteiger partial charge in [-0.3, -0.25) is 4.79 Å². The highest BCUT2D eigenvalue weighted by Gasteiger charge is 2.07. The maximum atomic E-state index is 13.6. The molecule has 0 spiro atoms. The largest absolute Gasteiger partial charge is 0.445 e. The molecule has 122 valence electrons. The molecule has 0 aliphatic rings. The fourth-order valence-electron chi connectivity index (χ4n) is 1.78. The van der Waals surface area contributed by atoms with Crippen molar-refractivity contribution < 1.29 is 23.1 Å². The molecule has 0 fully saturated rings. The molecule has 0 unspecified atom stereocenters. The molecular weight excluding hydrogens is 316 g/mol. The molecule has 2 aromatic rings. The smallest absolute Gasteiger partial charge is 0.408 e. The number of rotatable bonds is 4. The second-order valence-corrected chi connectivity index (χ2v) is 4.69. The van der Waals surface area contributed by atoms with Gasteiger partial charge in [-0.15, -0.1) is 0 Å². The van der Waals surface area contributed by atoms with E-state index in [0.29, 0.717) is 0 Å². The SMILES string of the molecule is O=Cc1cc(F)c(C#CCNC(=O)OCc2ccccc2)cc1F. The van der Waals surface area contributed by atoms with Crippen molar-refractivity contribution in [3.63, 3.8) is 0 Å². The summed E-state index contributed by atoms with van der Waals surface area (Å²) in [5.74, 6) is 3.20. The highest BCUT2D eigenvalue weighted by atomic mass is 19.1. The van der Waals surface area contributed by atoms with Crippen molar-refractivity contribution in [2.24, 2.45) is 0 Å². The van der Waals surface area contributed by atoms with Gasteiger partial charge in [0.05, 0.1) is 17.7 Å². The van der Waals surface area contributed by atoms with Crippen molar-refractivity contribution in [3.05, 3.63) is 70.8 Å². The fourth-order valence-corrected chi connectivity index (χ4v) is 1.78. The van der Waals surface area contributed by atoms with Crippen molar-refractivity contribution in [1.82, 2.24) is 5.32 Å². The van der Waals surface area contributed by atoms with Gasteiger partial charge in [0.25, 0.3) is 0 Å². The van der Waals surface area contributed by atoms with E-state index in [1.165, 1.54) is 0 Å². The van der Waals surface area contributed by atoms with Gasteiger partial charge >= 0.3 is 6.09 Å². The Kier molecular flexibility index (Phi) is 6.03. The van der Waals surface area contributed by atoms with Crippen LogP contribution in [0.1, 0.15) is 21.5 Å². The highest BCUT2D eigenvalue weighted by Crippen LogP contribution is 2.12. The minimum Gasteiger partial charge on any atom is -0.445 e. The first kappa shape index (κ1) is 17.2. The third-order valence-corrected chi connectivity index (χ3v) is 2.97. The highest BCUT2D eigenvalue weighted by molar-refractivity contribution is 5.75. The summed E-state index contributed by atoms with van der Waals surface area (Å²) in [7, 11) is 0. The number of amides is 1. The van der Waals surface area contributed by atoms with Gasteiger partial charge < -0.3 is 10.1 Å². The molecule has 0 aliphatic heterocycles. The van der Waals surface area contributed by atoms with Crippen LogP contribution in [0.5, 0.6) is 0 Å². The molecule has 1 amide bonds. The lowest BCUT2D eigenvalue weighted by molar-refractivity contribution is 0.111. The Morgan fingerprint density at radius 3 is 2.62 bits per heavy atom. The van der Waals surface area contributed by atoms with Crippen LogP contribution in [-0.2, 0) is 11.3 Å². The summed E-state index contributed by atoms with van der Waals surface area (Å²) in [4.78, 5) is 21.9. The third kappa shape index (κ3) is 4.92. The zero-order valence-corrected chi connectivity index (χ0v) is 12.5. The number of hydrogen-bond acceptors (Lipinski definition) is 3. The van der Waals surface area contributed by atoms with Gasteiger partial charge in [-0.25, -0.2) is 13.6 Å². The summed E-state index contributed by atoms with van der Waals surface area (Å²) in [6.07, 6.45) is -0.448. The molecule has 2 rings (SSSR count). The van der Waals surface area contributed by atoms with Crippen LogP contribution < -0.4 is 5.32 Å². The van der Waals surface area contributed by atoms with E-state index < -0.39 is 17.7 Å². The van der Waals surface area contributed by atoms with E-state index in [1.807, 2.05) is 30.3 Å². The Morgan fingerprint density at radius 2 is 1.92 bits per heavy atom. The lowest BCUT2D eigenvalue weighted by atomic mass is 10.1. The number of ether oxygens (including phenoxy) is 1. The molecule has 0 bridgehead atoms. The van der Waals surface area contributed by atoms with E-state index in [2.05, 4.69) is 17.2 Å². The monoisotopic (exact) mass is 329 g/mol. The molecule has 0 atom stereocenters. The van der Waals surface area contributed by atoms with Crippen molar-refractivity contribution in [2.45, 2.75) is 6.61 Å². The number of carbonyl (C=O) groups is 2. The third-order valence-electron chi connectivity index (χ3n) is 2.97. The summed E-state index contributed by atoms with van der Waals surface area (Å²) in [5, 5.41) is 2.37. The second-order valence-electron chi connectivity index (χ2n) is 4.69. The van der Waals surface area contributed by atoms with Gasteiger partial charge in [0.15, 0.2) is 6.29 Å². The van der Waals surface area contributed by atoms with Crippen molar-refractivity contribution in [2.75, 3.05) is 6.54 Å². The summed E-state index contributed by atoms with van der Waals surface area (Å²) in [6, 6.07) is 10.7. The second kappa shape index (κ2) is 8.44. The molecule has 0 saturated heterocycles. The van der Waals surface area contributed by atoms with E-state index in [9.17, 15) is 18.4 Å². The van der Waals surface area contributed by atoms with Crippen LogP contribution in [0.3, 0.4) is 0 Å². The minimum atomic E-state index is -0.856. The first-order valence-electron chi connectivity index (χ1n) is 6.98. The van der Waals surface area contributed by atoms with Crippen LogP contribution in [0, 0.1) is 23.5 Å². The summed E-state index contributed by atoms with van der Waals surface area (Å²) in [6.45, 7) is 0.0250. The van der Waals surface area contributed by atoms with E-state index in [0.717, 1.165) is 17.7 Å². The fraction of sp³-hybridized carbons (Fsp3) is 0.111. The van der Waals surface area contributed by atoms with E-state index in [4.69, 9.17) is 4.74 Å². The minimum absolute atomic E-state index is 0.0931. The molecule has 0 aromatic heterocycles. The van der Waals surface area contributed by atoms with Gasteiger partial charge in [0, 0.05) is 0 Å². The Hall–Kier alpha value is -3.20. The van der Waals surface area contributed by atoms with Gasteiger partial charge in [0.1, 0.15) is 18.2 Å². The maximum Gasteiger partial charge on any atom is 0.408 e. The van der Waals surface area contributed by atoms with Gasteiger partial charge in [-0.1, -0.05) is 42.2 Å². The first-order chi connectivity index (χ1) is 11.6. The van der Waals surface area contributed by atoms with Crippen LogP contribution in [0.15, 0.2) is 42.5 Å². The Bertz CT molecular complexity index is 795. The van der Waals surface area contributed by atoms with Crippen molar-refractivity contribution in [3.8, 4) is 11.8 Å². The molecule has 0 aliphatic carbocycles. The quantitative estimate of drug-likeness (QED) is 0.693. The molecule has 24 heavy (non-hydrogen) atoms. The number of nitrogens with one attached hydrogen (secondary N) is 1. The number of carbonyl (C=O) groups excluding carboxylic acids is 2. The predicted octanol–water partition coefficient (Wildman–Crippen LogP) is 3.06.